The Bertz CT molecular complexity index is 506. The van der Waals surface area contributed by atoms with E-state index in [-0.39, 0.29) is 5.82 Å². The average molecular weight is 291 g/mol. The van der Waals surface area contributed by atoms with Gasteiger partial charge >= 0.3 is 5.97 Å². The highest BCUT2D eigenvalue weighted by Crippen LogP contribution is 2.16. The Morgan fingerprint density at radius 1 is 1.14 bits per heavy atom. The Kier molecular flexibility index (Phi) is 5.93. The molecule has 1 aliphatic rings. The fourth-order valence-electron chi connectivity index (χ4n) is 2.76. The second-order valence-electron chi connectivity index (χ2n) is 5.61. The van der Waals surface area contributed by atoms with Gasteiger partial charge in [-0.25, -0.2) is 9.18 Å². The summed E-state index contributed by atoms with van der Waals surface area (Å²) in [5.41, 5.74) is 1.50. The lowest BCUT2D eigenvalue weighted by Gasteiger charge is -2.24. The summed E-state index contributed by atoms with van der Waals surface area (Å²) in [6.45, 7) is 2.83. The van der Waals surface area contributed by atoms with Crippen molar-refractivity contribution in [3.05, 3.63) is 41.2 Å². The summed E-state index contributed by atoms with van der Waals surface area (Å²) in [6, 6.07) is 4.76. The second kappa shape index (κ2) is 7.93. The van der Waals surface area contributed by atoms with Gasteiger partial charge in [-0.3, -0.25) is 4.90 Å². The summed E-state index contributed by atoms with van der Waals surface area (Å²) in [7, 11) is 0. The highest BCUT2D eigenvalue weighted by Gasteiger charge is 2.09. The van der Waals surface area contributed by atoms with Crippen LogP contribution >= 0.6 is 0 Å². The summed E-state index contributed by atoms with van der Waals surface area (Å²) in [5, 5.41) is 8.64. The van der Waals surface area contributed by atoms with E-state index in [1.54, 1.807) is 0 Å². The number of carboxylic acid groups (broad SMARTS) is 1. The number of benzene rings is 1. The molecule has 0 spiro atoms. The lowest BCUT2D eigenvalue weighted by molar-refractivity contribution is -0.131. The molecule has 1 aliphatic heterocycles. The molecule has 21 heavy (non-hydrogen) atoms. The van der Waals surface area contributed by atoms with E-state index in [1.807, 2.05) is 6.07 Å². The molecule has 1 aromatic rings. The van der Waals surface area contributed by atoms with Gasteiger partial charge in [0.15, 0.2) is 0 Å². The van der Waals surface area contributed by atoms with E-state index in [9.17, 15) is 9.18 Å². The van der Waals surface area contributed by atoms with Gasteiger partial charge in [0.25, 0.3) is 0 Å². The van der Waals surface area contributed by atoms with Gasteiger partial charge in [0.1, 0.15) is 5.82 Å². The van der Waals surface area contributed by atoms with Crippen LogP contribution in [0.25, 0.3) is 6.08 Å². The van der Waals surface area contributed by atoms with Crippen LogP contribution in [0.1, 0.15) is 43.2 Å². The Hall–Kier alpha value is -1.68. The summed E-state index contributed by atoms with van der Waals surface area (Å²) < 4.78 is 13.7. The first-order valence-corrected chi connectivity index (χ1v) is 7.56. The van der Waals surface area contributed by atoms with Crippen LogP contribution in [0.3, 0.4) is 0 Å². The smallest absolute Gasteiger partial charge is 0.328 e. The van der Waals surface area contributed by atoms with Gasteiger partial charge in [-0.1, -0.05) is 25.3 Å². The molecule has 0 amide bonds. The first-order valence-electron chi connectivity index (χ1n) is 7.56. The Balaban J connectivity index is 2.06. The van der Waals surface area contributed by atoms with Crippen molar-refractivity contribution in [3.63, 3.8) is 0 Å². The van der Waals surface area contributed by atoms with E-state index in [0.717, 1.165) is 31.3 Å². The molecule has 3 nitrogen and oxygen atoms in total. The maximum atomic E-state index is 13.7. The number of halogens is 1. The van der Waals surface area contributed by atoms with Gasteiger partial charge in [0.2, 0.25) is 0 Å². The number of carbonyl (C=O) groups is 1. The second-order valence-corrected chi connectivity index (χ2v) is 5.61. The third-order valence-corrected chi connectivity index (χ3v) is 3.75. The maximum Gasteiger partial charge on any atom is 0.328 e. The molecule has 1 aromatic carbocycles. The minimum absolute atomic E-state index is 0.315. The lowest BCUT2D eigenvalue weighted by atomic mass is 10.1. The van der Waals surface area contributed by atoms with Gasteiger partial charge in [-0.2, -0.15) is 0 Å². The van der Waals surface area contributed by atoms with Crippen LogP contribution in [0.4, 0.5) is 4.39 Å². The zero-order chi connectivity index (χ0) is 15.1. The van der Waals surface area contributed by atoms with E-state index >= 15 is 0 Å². The van der Waals surface area contributed by atoms with E-state index in [2.05, 4.69) is 4.90 Å². The molecular formula is C17H22FNO2. The average Bonchev–Trinajstić information content (AvgIpc) is 2.39. The van der Waals surface area contributed by atoms with Crippen LogP contribution in [0.15, 0.2) is 24.3 Å². The number of aliphatic carboxylic acids is 1. The fourth-order valence-corrected chi connectivity index (χ4v) is 2.76. The van der Waals surface area contributed by atoms with Gasteiger partial charge in [-0.05, 0) is 55.3 Å². The Morgan fingerprint density at radius 2 is 1.81 bits per heavy atom. The molecule has 0 aliphatic carbocycles. The maximum absolute atomic E-state index is 13.7. The van der Waals surface area contributed by atoms with Gasteiger partial charge in [0.05, 0.1) is 0 Å². The number of hydrogen-bond acceptors (Lipinski definition) is 2. The van der Waals surface area contributed by atoms with Crippen molar-refractivity contribution in [1.29, 1.82) is 0 Å². The first-order chi connectivity index (χ1) is 10.1. The minimum Gasteiger partial charge on any atom is -0.478 e. The number of carboxylic acids is 1. The Labute approximate surface area is 125 Å². The van der Waals surface area contributed by atoms with E-state index < -0.39 is 5.97 Å². The number of rotatable bonds is 4. The summed E-state index contributed by atoms with van der Waals surface area (Å²) in [6.07, 6.45) is 8.72. The normalized spacial score (nSPS) is 17.6. The van der Waals surface area contributed by atoms with Crippen LogP contribution in [0, 0.1) is 5.82 Å². The molecule has 1 fully saturated rings. The van der Waals surface area contributed by atoms with Crippen molar-refractivity contribution >= 4 is 12.0 Å². The van der Waals surface area contributed by atoms with Crippen molar-refractivity contribution in [3.8, 4) is 0 Å². The third kappa shape index (κ3) is 5.68. The fraction of sp³-hybridized carbons (Fsp3) is 0.471. The van der Waals surface area contributed by atoms with Crippen molar-refractivity contribution < 1.29 is 14.3 Å². The summed E-state index contributed by atoms with van der Waals surface area (Å²) in [4.78, 5) is 12.9. The molecule has 0 atom stereocenters. The van der Waals surface area contributed by atoms with Crippen molar-refractivity contribution in [2.24, 2.45) is 0 Å². The molecule has 0 saturated carbocycles. The molecule has 1 N–H and O–H groups in total. The number of likely N-dealkylation sites (tertiary alicyclic amines) is 1. The van der Waals surface area contributed by atoms with Crippen LogP contribution < -0.4 is 0 Å². The van der Waals surface area contributed by atoms with E-state index in [1.165, 1.54) is 50.3 Å². The lowest BCUT2D eigenvalue weighted by Crippen LogP contribution is -2.26. The molecule has 0 radical (unpaired) electrons. The van der Waals surface area contributed by atoms with E-state index in [4.69, 9.17) is 5.11 Å². The summed E-state index contributed by atoms with van der Waals surface area (Å²) in [5.74, 6) is -1.34. The van der Waals surface area contributed by atoms with Crippen molar-refractivity contribution in [1.82, 2.24) is 4.90 Å². The largest absolute Gasteiger partial charge is 0.478 e. The molecule has 2 rings (SSSR count). The highest BCUT2D eigenvalue weighted by molar-refractivity contribution is 5.85. The van der Waals surface area contributed by atoms with Crippen LogP contribution in [0.2, 0.25) is 0 Å². The summed E-state index contributed by atoms with van der Waals surface area (Å²) >= 11 is 0. The predicted molar refractivity (Wildman–Crippen MR) is 81.4 cm³/mol. The zero-order valence-electron chi connectivity index (χ0n) is 12.2. The SMILES string of the molecule is O=C(O)C=Cc1cc(F)cc(CN2CCCCCCC2)c1. The molecule has 1 saturated heterocycles. The molecule has 0 aromatic heterocycles. The standard InChI is InChI=1S/C17H22FNO2/c18-16-11-14(6-7-17(20)21)10-15(12-16)13-19-8-4-2-1-3-5-9-19/h6-7,10-12H,1-5,8-9,13H2,(H,20,21). The number of nitrogens with zero attached hydrogens (tertiary/aromatic N) is 1. The van der Waals surface area contributed by atoms with Crippen molar-refractivity contribution in [2.45, 2.75) is 38.6 Å². The minimum atomic E-state index is -1.02. The van der Waals surface area contributed by atoms with Gasteiger partial charge in [0, 0.05) is 12.6 Å². The van der Waals surface area contributed by atoms with Gasteiger partial charge < -0.3 is 5.11 Å². The molecular weight excluding hydrogens is 269 g/mol. The van der Waals surface area contributed by atoms with Gasteiger partial charge in [-0.15, -0.1) is 0 Å². The highest BCUT2D eigenvalue weighted by atomic mass is 19.1. The number of hydrogen-bond donors (Lipinski definition) is 1. The topological polar surface area (TPSA) is 40.5 Å². The predicted octanol–water partition coefficient (Wildman–Crippen LogP) is 3.69. The molecule has 1 heterocycles. The monoisotopic (exact) mass is 291 g/mol. The molecule has 0 unspecified atom stereocenters. The van der Waals surface area contributed by atoms with E-state index in [0.29, 0.717) is 5.56 Å². The van der Waals surface area contributed by atoms with Crippen LogP contribution in [-0.2, 0) is 11.3 Å². The zero-order valence-corrected chi connectivity index (χ0v) is 12.2. The Morgan fingerprint density at radius 3 is 2.48 bits per heavy atom. The van der Waals surface area contributed by atoms with Crippen LogP contribution in [-0.4, -0.2) is 29.1 Å². The molecule has 4 heteroatoms. The third-order valence-electron chi connectivity index (χ3n) is 3.75. The first kappa shape index (κ1) is 15.7. The van der Waals surface area contributed by atoms with Crippen molar-refractivity contribution in [2.75, 3.05) is 13.1 Å². The molecule has 114 valence electrons. The molecule has 0 bridgehead atoms. The van der Waals surface area contributed by atoms with Crippen LogP contribution in [0.5, 0.6) is 0 Å². The quantitative estimate of drug-likeness (QED) is 0.860.